The molecule has 1 aliphatic rings. The van der Waals surface area contributed by atoms with Crippen molar-refractivity contribution >= 4 is 79.9 Å². The van der Waals surface area contributed by atoms with Gasteiger partial charge in [0.2, 0.25) is 16.9 Å². The van der Waals surface area contributed by atoms with E-state index in [-0.39, 0.29) is 59.3 Å². The molecule has 12 N–H and O–H groups in total. The first-order valence-corrected chi connectivity index (χ1v) is 23.4. The lowest BCUT2D eigenvalue weighted by Crippen LogP contribution is -2.46. The summed E-state index contributed by atoms with van der Waals surface area (Å²) < 4.78 is 62.2. The van der Waals surface area contributed by atoms with Crippen LogP contribution < -0.4 is 16.4 Å². The second kappa shape index (κ2) is 19.7. The van der Waals surface area contributed by atoms with E-state index in [9.17, 15) is 68.1 Å². The third-order valence-corrected chi connectivity index (χ3v) is 12.9. The molecule has 7 unspecified atom stereocenters. The number of nitrogens with one attached hydrogen (secondary N) is 2. The van der Waals surface area contributed by atoms with Gasteiger partial charge in [0.25, 0.3) is 0 Å². The SMILES string of the molecule is CC(C)(COP(=O)(O)OP(=O)(O)OCC1OC(n2cnc3c(N)ncnc32)C(O)C1OP(=O)(O)O)C(O)C(=O)NCCC(=O)NCCSC(=O)c1cc2cc(O)ccc2cc1O. The van der Waals surface area contributed by atoms with E-state index in [1.807, 2.05) is 0 Å². The van der Waals surface area contributed by atoms with Gasteiger partial charge in [-0.05, 0) is 35.0 Å². The number of benzene rings is 2. The number of aromatic hydroxyl groups is 2. The molecule has 0 saturated carbocycles. The van der Waals surface area contributed by atoms with Crippen LogP contribution in [-0.4, -0.2) is 133 Å². The minimum atomic E-state index is -5.60. The lowest BCUT2D eigenvalue weighted by Gasteiger charge is -2.30. The Balaban J connectivity index is 1.05. The Kier molecular flexibility index (Phi) is 15.5. The van der Waals surface area contributed by atoms with Gasteiger partial charge in [0.05, 0.1) is 25.1 Å². The number of anilines is 1. The maximum absolute atomic E-state index is 12.7. The molecule has 0 radical (unpaired) electrons. The summed E-state index contributed by atoms with van der Waals surface area (Å²) in [6, 6.07) is 7.29. The number of hydrogen-bond acceptors (Lipinski definition) is 20. The molecule has 0 spiro atoms. The zero-order chi connectivity index (χ0) is 45.8. The van der Waals surface area contributed by atoms with Crippen molar-refractivity contribution in [2.45, 2.75) is 50.9 Å². The van der Waals surface area contributed by atoms with Gasteiger partial charge >= 0.3 is 23.5 Å². The second-order valence-corrected chi connectivity index (χ2v) is 19.4. The van der Waals surface area contributed by atoms with Gasteiger partial charge in [-0.2, -0.15) is 4.31 Å². The largest absolute Gasteiger partial charge is 0.508 e. The van der Waals surface area contributed by atoms with Crippen molar-refractivity contribution in [3.63, 3.8) is 0 Å². The molecule has 1 saturated heterocycles. The Bertz CT molecular complexity index is 2450. The van der Waals surface area contributed by atoms with Gasteiger partial charge in [-0.1, -0.05) is 31.7 Å². The van der Waals surface area contributed by atoms with Crippen molar-refractivity contribution in [3.8, 4) is 11.5 Å². The highest BCUT2D eigenvalue weighted by Crippen LogP contribution is 2.61. The summed E-state index contributed by atoms with van der Waals surface area (Å²) in [5, 5.41) is 47.0. The van der Waals surface area contributed by atoms with Crippen LogP contribution in [0.1, 0.15) is 36.9 Å². The lowest BCUT2D eigenvalue weighted by molar-refractivity contribution is -0.137. The number of aliphatic hydroxyl groups is 2. The number of nitrogen functional groups attached to an aromatic ring is 1. The number of fused-ring (bicyclic) bond motifs is 2. The monoisotopic (exact) mass is 953 g/mol. The standard InChI is InChI=1S/C32H42N7O19P3S/c1-32(2,26(44)29(45)35-6-5-22(42)34-7-8-62-31(46)19-10-17-9-18(40)4-3-16(17)11-20(19)41)13-55-61(52,53)58-60(50,51)54-12-21-25(57-59(47,48)49)24(43)30(56-21)39-15-38-23-27(33)36-14-37-28(23)39/h3-4,9-11,14-15,21,24-26,30,40-41,43-44H,5-8,12-13H2,1-2H3,(H,34,42)(H,35,45)(H,50,51)(H,52,53)(H2,33,36,37)(H2,47,48,49). The van der Waals surface area contributed by atoms with Crippen LogP contribution >= 0.6 is 35.2 Å². The van der Waals surface area contributed by atoms with E-state index in [0.717, 1.165) is 29.0 Å². The highest BCUT2D eigenvalue weighted by Gasteiger charge is 2.50. The fraction of sp³-hybridized carbons (Fsp3) is 0.438. The number of carbonyl (C=O) groups excluding carboxylic acids is 3. The molecule has 7 atom stereocenters. The molecule has 26 nitrogen and oxygen atoms in total. The highest BCUT2D eigenvalue weighted by atomic mass is 32.2. The van der Waals surface area contributed by atoms with Crippen LogP contribution in [-0.2, 0) is 45.9 Å². The molecule has 2 aromatic carbocycles. The topological polar surface area (TPSA) is 404 Å². The molecule has 0 aliphatic carbocycles. The first kappa shape index (κ1) is 48.9. The van der Waals surface area contributed by atoms with E-state index in [1.54, 1.807) is 6.07 Å². The molecule has 62 heavy (non-hydrogen) atoms. The molecule has 340 valence electrons. The summed E-state index contributed by atoms with van der Waals surface area (Å²) in [6.45, 7) is 0.158. The smallest absolute Gasteiger partial charge is 0.481 e. The average molecular weight is 954 g/mol. The molecular weight excluding hydrogens is 911 g/mol. The Labute approximate surface area is 354 Å². The number of ether oxygens (including phenoxy) is 1. The van der Waals surface area contributed by atoms with Gasteiger partial charge in [-0.25, -0.2) is 28.6 Å². The number of carbonyl (C=O) groups is 3. The van der Waals surface area contributed by atoms with E-state index >= 15 is 0 Å². The third-order valence-electron chi connectivity index (χ3n) is 8.89. The van der Waals surface area contributed by atoms with Crippen LogP contribution in [0.25, 0.3) is 21.9 Å². The number of nitrogens with zero attached hydrogens (tertiary/aromatic N) is 4. The summed E-state index contributed by atoms with van der Waals surface area (Å²) in [7, 11) is -16.5. The summed E-state index contributed by atoms with van der Waals surface area (Å²) in [6.07, 6.45) is -7.13. The number of hydrogen-bond donors (Lipinski definition) is 11. The maximum Gasteiger partial charge on any atom is 0.481 e. The summed E-state index contributed by atoms with van der Waals surface area (Å²) >= 11 is 0.828. The molecule has 1 aliphatic heterocycles. The van der Waals surface area contributed by atoms with Crippen molar-refractivity contribution in [1.29, 1.82) is 0 Å². The quantitative estimate of drug-likeness (QED) is 0.0425. The predicted molar refractivity (Wildman–Crippen MR) is 214 cm³/mol. The van der Waals surface area contributed by atoms with Gasteiger partial charge in [-0.3, -0.25) is 32.5 Å². The summed E-state index contributed by atoms with van der Waals surface area (Å²) in [4.78, 5) is 88.6. The van der Waals surface area contributed by atoms with Gasteiger partial charge < -0.3 is 61.1 Å². The normalized spacial score (nSPS) is 20.7. The number of phenols is 2. The molecule has 1 fully saturated rings. The Morgan fingerprint density at radius 1 is 0.984 bits per heavy atom. The zero-order valence-electron chi connectivity index (χ0n) is 32.4. The number of phosphoric ester groups is 3. The minimum absolute atomic E-state index is 0.0134. The van der Waals surface area contributed by atoms with E-state index in [0.29, 0.717) is 10.8 Å². The number of aliphatic hydroxyl groups excluding tert-OH is 2. The van der Waals surface area contributed by atoms with Crippen LogP contribution in [0.4, 0.5) is 5.82 Å². The second-order valence-electron chi connectivity index (χ2n) is 14.1. The molecule has 4 aromatic rings. The third kappa shape index (κ3) is 12.7. The molecule has 2 aromatic heterocycles. The minimum Gasteiger partial charge on any atom is -0.508 e. The van der Waals surface area contributed by atoms with Crippen LogP contribution in [0.2, 0.25) is 0 Å². The number of aromatic nitrogens is 4. The summed E-state index contributed by atoms with van der Waals surface area (Å²) in [5.74, 6) is -1.74. The maximum atomic E-state index is 12.7. The fourth-order valence-electron chi connectivity index (χ4n) is 5.79. The number of amides is 2. The first-order valence-electron chi connectivity index (χ1n) is 17.9. The molecule has 0 bridgehead atoms. The van der Waals surface area contributed by atoms with Crippen molar-refractivity contribution in [2.75, 3.05) is 37.8 Å². The lowest BCUT2D eigenvalue weighted by atomic mass is 9.87. The van der Waals surface area contributed by atoms with Gasteiger partial charge in [0.1, 0.15) is 47.8 Å². The van der Waals surface area contributed by atoms with Crippen LogP contribution in [0.3, 0.4) is 0 Å². The Morgan fingerprint density at radius 3 is 2.40 bits per heavy atom. The number of phosphoric acid groups is 3. The molecule has 5 rings (SSSR count). The van der Waals surface area contributed by atoms with Crippen molar-refractivity contribution in [2.24, 2.45) is 5.41 Å². The zero-order valence-corrected chi connectivity index (χ0v) is 35.9. The number of nitrogens with two attached hydrogens (primary N) is 1. The van der Waals surface area contributed by atoms with Crippen molar-refractivity contribution < 1.29 is 90.7 Å². The van der Waals surface area contributed by atoms with Crippen LogP contribution in [0.15, 0.2) is 43.0 Å². The Hall–Kier alpha value is -4.14. The van der Waals surface area contributed by atoms with E-state index in [4.69, 9.17) is 19.5 Å². The average Bonchev–Trinajstić information content (AvgIpc) is 3.74. The van der Waals surface area contributed by atoms with E-state index in [1.165, 1.54) is 38.1 Å². The summed E-state index contributed by atoms with van der Waals surface area (Å²) in [5.41, 5.74) is 4.22. The van der Waals surface area contributed by atoms with Crippen molar-refractivity contribution in [1.82, 2.24) is 30.2 Å². The number of rotatable bonds is 20. The van der Waals surface area contributed by atoms with E-state index in [2.05, 4.69) is 34.4 Å². The highest BCUT2D eigenvalue weighted by molar-refractivity contribution is 8.14. The van der Waals surface area contributed by atoms with Gasteiger partial charge in [0, 0.05) is 30.7 Å². The predicted octanol–water partition coefficient (Wildman–Crippen LogP) is 0.543. The molecule has 30 heteroatoms. The van der Waals surface area contributed by atoms with Crippen LogP contribution in [0.5, 0.6) is 11.5 Å². The van der Waals surface area contributed by atoms with Gasteiger partial charge in [0.15, 0.2) is 17.7 Å². The number of imidazole rings is 1. The number of phenolic OH excluding ortho intramolecular Hbond substituents is 2. The molecule has 2 amide bonds. The molecular formula is C32H42N7O19P3S. The Morgan fingerprint density at radius 2 is 1.69 bits per heavy atom. The fourth-order valence-corrected chi connectivity index (χ4v) is 9.33. The molecule has 3 heterocycles. The van der Waals surface area contributed by atoms with Gasteiger partial charge in [-0.15, -0.1) is 0 Å². The van der Waals surface area contributed by atoms with Crippen LogP contribution in [0, 0.1) is 5.41 Å². The number of thioether (sulfide) groups is 1. The first-order chi connectivity index (χ1) is 28.9. The van der Waals surface area contributed by atoms with E-state index < -0.39 is 89.7 Å². The van der Waals surface area contributed by atoms with Crippen molar-refractivity contribution in [3.05, 3.63) is 48.5 Å².